The Morgan fingerprint density at radius 2 is 1.50 bits per heavy atom. The lowest BCUT2D eigenvalue weighted by Crippen LogP contribution is -2.30. The summed E-state index contributed by atoms with van der Waals surface area (Å²) in [5.41, 5.74) is 0. The van der Waals surface area contributed by atoms with Gasteiger partial charge in [-0.05, 0) is 12.5 Å². The maximum absolute atomic E-state index is 10.9. The molecule has 0 heterocycles. The molecule has 7 nitrogen and oxygen atoms in total. The highest BCUT2D eigenvalue weighted by Crippen LogP contribution is 2.59. The molecule has 0 aliphatic heterocycles. The van der Waals surface area contributed by atoms with Crippen LogP contribution in [0.4, 0.5) is 0 Å². The molecule has 0 aliphatic carbocycles. The van der Waals surface area contributed by atoms with Crippen LogP contribution >= 0.6 is 15.2 Å². The van der Waals surface area contributed by atoms with Gasteiger partial charge in [0.1, 0.15) is 0 Å². The minimum atomic E-state index is -4.79. The van der Waals surface area contributed by atoms with Gasteiger partial charge >= 0.3 is 15.2 Å². The highest BCUT2D eigenvalue weighted by Gasteiger charge is 2.42. The summed E-state index contributed by atoms with van der Waals surface area (Å²) in [4.78, 5) is 35.3. The van der Waals surface area contributed by atoms with Gasteiger partial charge in [0.25, 0.3) is 0 Å². The molecule has 98 valence electrons. The molecule has 0 bridgehead atoms. The van der Waals surface area contributed by atoms with E-state index in [9.17, 15) is 9.13 Å². The van der Waals surface area contributed by atoms with Gasteiger partial charge in [0.2, 0.25) is 0 Å². The topological polar surface area (TPSA) is 127 Å². The summed E-state index contributed by atoms with van der Waals surface area (Å²) in [6.45, 7) is 3.96. The van der Waals surface area contributed by atoms with Crippen molar-refractivity contribution in [1.29, 1.82) is 0 Å². The van der Waals surface area contributed by atoms with Crippen LogP contribution in [0.15, 0.2) is 0 Å². The van der Waals surface area contributed by atoms with Crippen LogP contribution in [0.3, 0.4) is 0 Å². The van der Waals surface area contributed by atoms with E-state index >= 15 is 0 Å². The Labute approximate surface area is 94.6 Å². The van der Waals surface area contributed by atoms with Gasteiger partial charge in [-0.2, -0.15) is 0 Å². The zero-order chi connectivity index (χ0) is 13.0. The van der Waals surface area contributed by atoms with Crippen molar-refractivity contribution in [3.05, 3.63) is 0 Å². The molecule has 5 N–H and O–H groups in total. The van der Waals surface area contributed by atoms with E-state index in [2.05, 4.69) is 5.32 Å². The van der Waals surface area contributed by atoms with Crippen LogP contribution in [0, 0.1) is 5.92 Å². The lowest BCUT2D eigenvalue weighted by Gasteiger charge is -2.20. The van der Waals surface area contributed by atoms with Crippen molar-refractivity contribution in [1.82, 2.24) is 5.32 Å². The quantitative estimate of drug-likeness (QED) is 0.423. The lowest BCUT2D eigenvalue weighted by atomic mass is 10.1. The predicted octanol–water partition coefficient (Wildman–Crippen LogP) is 0.304. The molecule has 1 atom stereocenters. The second-order valence-electron chi connectivity index (χ2n) is 3.83. The average Bonchev–Trinajstić information content (AvgIpc) is 2.07. The SMILES string of the molecule is CCC(C)CNCC(P(=O)(O)O)P(=O)(O)O. The normalized spacial score (nSPS) is 15.4. The number of nitrogens with one attached hydrogen (secondary N) is 1. The van der Waals surface area contributed by atoms with E-state index in [-0.39, 0.29) is 12.5 Å². The third kappa shape index (κ3) is 6.11. The Hall–Kier alpha value is 0.260. The summed E-state index contributed by atoms with van der Waals surface area (Å²) < 4.78 is 21.8. The summed E-state index contributed by atoms with van der Waals surface area (Å²) in [6.07, 6.45) is 0.878. The number of hydrogen-bond acceptors (Lipinski definition) is 3. The molecule has 0 amide bonds. The van der Waals surface area contributed by atoms with Crippen molar-refractivity contribution in [2.75, 3.05) is 13.1 Å². The molecule has 0 aromatic heterocycles. The molecule has 0 aromatic rings. The van der Waals surface area contributed by atoms with Gasteiger partial charge in [-0.1, -0.05) is 20.3 Å². The molecule has 1 unspecified atom stereocenters. The van der Waals surface area contributed by atoms with E-state index in [4.69, 9.17) is 19.6 Å². The lowest BCUT2D eigenvalue weighted by molar-refractivity contribution is 0.334. The van der Waals surface area contributed by atoms with Crippen molar-refractivity contribution in [2.24, 2.45) is 5.92 Å². The molecule has 0 fully saturated rings. The summed E-state index contributed by atoms with van der Waals surface area (Å²) in [5.74, 6) is 0.286. The van der Waals surface area contributed by atoms with Gasteiger partial charge < -0.3 is 24.9 Å². The van der Waals surface area contributed by atoms with E-state index in [1.165, 1.54) is 0 Å². The largest absolute Gasteiger partial charge is 0.342 e. The molecule has 0 rings (SSSR count). The first-order valence-electron chi connectivity index (χ1n) is 4.90. The van der Waals surface area contributed by atoms with E-state index < -0.39 is 20.6 Å². The van der Waals surface area contributed by atoms with Gasteiger partial charge in [-0.3, -0.25) is 9.13 Å². The first-order valence-corrected chi connectivity index (χ1v) is 8.26. The van der Waals surface area contributed by atoms with Gasteiger partial charge in [-0.15, -0.1) is 0 Å². The fourth-order valence-corrected chi connectivity index (χ4v) is 3.34. The molecule has 0 spiro atoms. The standard InChI is InChI=1S/C7H19NO6P2/c1-3-6(2)4-8-5-7(15(9,10)11)16(12,13)14/h6-8H,3-5H2,1-2H3,(H2,9,10,11)(H2,12,13,14). The maximum Gasteiger partial charge on any atom is 0.342 e. The van der Waals surface area contributed by atoms with Gasteiger partial charge in [-0.25, -0.2) is 0 Å². The molecule has 0 saturated carbocycles. The Bertz CT molecular complexity index is 275. The van der Waals surface area contributed by atoms with Crippen LogP contribution in [-0.2, 0) is 9.13 Å². The number of rotatable bonds is 7. The molecule has 0 aromatic carbocycles. The Kier molecular flexibility index (Phi) is 6.36. The van der Waals surface area contributed by atoms with Crippen molar-refractivity contribution in [3.63, 3.8) is 0 Å². The van der Waals surface area contributed by atoms with Gasteiger partial charge in [0.05, 0.1) is 0 Å². The highest BCUT2D eigenvalue weighted by atomic mass is 31.2. The minimum absolute atomic E-state index is 0.286. The molecule has 0 saturated heterocycles. The molecule has 0 radical (unpaired) electrons. The van der Waals surface area contributed by atoms with Gasteiger partial charge in [0, 0.05) is 6.54 Å². The Morgan fingerprint density at radius 1 is 1.06 bits per heavy atom. The van der Waals surface area contributed by atoms with Crippen LogP contribution < -0.4 is 5.32 Å². The van der Waals surface area contributed by atoms with Crippen LogP contribution in [0.2, 0.25) is 0 Å². The smallest absolute Gasteiger partial charge is 0.324 e. The van der Waals surface area contributed by atoms with Crippen molar-refractivity contribution in [2.45, 2.75) is 25.7 Å². The van der Waals surface area contributed by atoms with Crippen molar-refractivity contribution in [3.8, 4) is 0 Å². The molecular weight excluding hydrogens is 256 g/mol. The Balaban J connectivity index is 4.38. The fourth-order valence-electron chi connectivity index (χ4n) is 1.04. The zero-order valence-corrected chi connectivity index (χ0v) is 11.1. The minimum Gasteiger partial charge on any atom is -0.324 e. The first-order chi connectivity index (χ1) is 7.09. The fraction of sp³-hybridized carbons (Fsp3) is 1.00. The summed E-state index contributed by atoms with van der Waals surface area (Å²) in [5, 5.41) is 0.710. The first kappa shape index (κ1) is 16.3. The second kappa shape index (κ2) is 6.26. The van der Waals surface area contributed by atoms with E-state index in [0.717, 1.165) is 6.42 Å². The van der Waals surface area contributed by atoms with Crippen LogP contribution in [0.1, 0.15) is 20.3 Å². The third-order valence-corrected chi connectivity index (χ3v) is 6.02. The summed E-state index contributed by atoms with van der Waals surface area (Å²) >= 11 is 0. The third-order valence-electron chi connectivity index (χ3n) is 2.29. The van der Waals surface area contributed by atoms with Crippen LogP contribution in [0.25, 0.3) is 0 Å². The molecule has 16 heavy (non-hydrogen) atoms. The summed E-state index contributed by atoms with van der Waals surface area (Å²) in [7, 11) is -9.58. The highest BCUT2D eigenvalue weighted by molar-refractivity contribution is 7.70. The van der Waals surface area contributed by atoms with Crippen molar-refractivity contribution < 1.29 is 28.7 Å². The monoisotopic (exact) mass is 275 g/mol. The van der Waals surface area contributed by atoms with Crippen LogP contribution in [0.5, 0.6) is 0 Å². The molecular formula is C7H19NO6P2. The van der Waals surface area contributed by atoms with Gasteiger partial charge in [0.15, 0.2) is 5.40 Å². The Morgan fingerprint density at radius 3 is 1.81 bits per heavy atom. The van der Waals surface area contributed by atoms with E-state index in [1.807, 2.05) is 13.8 Å². The second-order valence-corrected chi connectivity index (χ2v) is 7.84. The predicted molar refractivity (Wildman–Crippen MR) is 60.2 cm³/mol. The zero-order valence-electron chi connectivity index (χ0n) is 9.28. The summed E-state index contributed by atoms with van der Waals surface area (Å²) in [6, 6.07) is 0. The number of hydrogen-bond donors (Lipinski definition) is 5. The molecule has 9 heteroatoms. The average molecular weight is 275 g/mol. The van der Waals surface area contributed by atoms with E-state index in [0.29, 0.717) is 6.54 Å². The van der Waals surface area contributed by atoms with Crippen LogP contribution in [-0.4, -0.2) is 38.1 Å². The molecule has 0 aliphatic rings. The maximum atomic E-state index is 10.9. The van der Waals surface area contributed by atoms with Crippen molar-refractivity contribution >= 4 is 15.2 Å². The van der Waals surface area contributed by atoms with E-state index in [1.54, 1.807) is 0 Å².